The predicted molar refractivity (Wildman–Crippen MR) is 103 cm³/mol. The van der Waals surface area contributed by atoms with Crippen molar-refractivity contribution < 1.29 is 4.79 Å². The fraction of sp³-hybridized carbons (Fsp3) is 0.143. The number of hydrogen-bond donors (Lipinski definition) is 2. The van der Waals surface area contributed by atoms with Crippen LogP contribution in [0.5, 0.6) is 0 Å². The summed E-state index contributed by atoms with van der Waals surface area (Å²) in [5.41, 5.74) is 6.58. The van der Waals surface area contributed by atoms with Gasteiger partial charge in [0.05, 0.1) is 11.9 Å². The fourth-order valence-electron chi connectivity index (χ4n) is 2.51. The van der Waals surface area contributed by atoms with Gasteiger partial charge in [0.15, 0.2) is 0 Å². The van der Waals surface area contributed by atoms with E-state index in [9.17, 15) is 4.79 Å². The van der Waals surface area contributed by atoms with Gasteiger partial charge in [-0.25, -0.2) is 4.98 Å². The maximum absolute atomic E-state index is 12.3. The zero-order valence-corrected chi connectivity index (χ0v) is 14.6. The molecular weight excluding hydrogens is 310 g/mol. The number of nitrogens with zero attached hydrogens (tertiary/aromatic N) is 1. The first-order valence-corrected chi connectivity index (χ1v) is 8.19. The van der Waals surface area contributed by atoms with Crippen LogP contribution in [0.2, 0.25) is 0 Å². The van der Waals surface area contributed by atoms with Crippen molar-refractivity contribution in [2.24, 2.45) is 0 Å². The van der Waals surface area contributed by atoms with Crippen molar-refractivity contribution in [3.05, 3.63) is 83.2 Å². The smallest absolute Gasteiger partial charge is 0.274 e. The van der Waals surface area contributed by atoms with Crippen LogP contribution >= 0.6 is 0 Å². The summed E-state index contributed by atoms with van der Waals surface area (Å²) in [4.78, 5) is 16.5. The van der Waals surface area contributed by atoms with E-state index in [-0.39, 0.29) is 5.91 Å². The van der Waals surface area contributed by atoms with E-state index in [1.165, 1.54) is 11.1 Å². The first-order chi connectivity index (χ1) is 12.0. The average Bonchev–Trinajstić information content (AvgIpc) is 2.59. The van der Waals surface area contributed by atoms with Crippen molar-refractivity contribution in [1.29, 1.82) is 0 Å². The molecule has 2 aromatic carbocycles. The number of hydrogen-bond acceptors (Lipinski definition) is 3. The summed E-state index contributed by atoms with van der Waals surface area (Å²) in [7, 11) is 0. The maximum atomic E-state index is 12.3. The Morgan fingerprint density at radius 3 is 2.32 bits per heavy atom. The van der Waals surface area contributed by atoms with Crippen molar-refractivity contribution in [3.63, 3.8) is 0 Å². The number of rotatable bonds is 4. The lowest BCUT2D eigenvalue weighted by Crippen LogP contribution is -2.13. The molecule has 4 heteroatoms. The molecule has 1 heterocycles. The quantitative estimate of drug-likeness (QED) is 0.707. The molecule has 4 nitrogen and oxygen atoms in total. The summed E-state index contributed by atoms with van der Waals surface area (Å²) >= 11 is 0. The molecule has 0 unspecified atom stereocenters. The Morgan fingerprint density at radius 2 is 1.64 bits per heavy atom. The number of pyridine rings is 1. The minimum Gasteiger partial charge on any atom is -0.354 e. The van der Waals surface area contributed by atoms with Crippen LogP contribution in [0.3, 0.4) is 0 Å². The second-order valence-corrected chi connectivity index (χ2v) is 6.18. The number of benzene rings is 2. The summed E-state index contributed by atoms with van der Waals surface area (Å²) in [5.74, 6) is -0.219. The molecule has 0 aliphatic carbocycles. The van der Waals surface area contributed by atoms with Crippen molar-refractivity contribution in [1.82, 2.24) is 4.98 Å². The Bertz CT molecular complexity index is 901. The van der Waals surface area contributed by atoms with Crippen molar-refractivity contribution in [2.75, 3.05) is 10.6 Å². The zero-order valence-electron chi connectivity index (χ0n) is 14.6. The van der Waals surface area contributed by atoms with Crippen molar-refractivity contribution >= 4 is 23.0 Å². The molecule has 0 atom stereocenters. The molecule has 0 fully saturated rings. The highest BCUT2D eigenvalue weighted by molar-refractivity contribution is 6.03. The van der Waals surface area contributed by atoms with Gasteiger partial charge in [0.25, 0.3) is 5.91 Å². The van der Waals surface area contributed by atoms with E-state index in [0.29, 0.717) is 5.69 Å². The Kier molecular flexibility index (Phi) is 4.80. The molecule has 0 saturated carbocycles. The van der Waals surface area contributed by atoms with E-state index in [0.717, 1.165) is 22.6 Å². The Balaban J connectivity index is 1.69. The van der Waals surface area contributed by atoms with Crippen LogP contribution in [0.25, 0.3) is 0 Å². The topological polar surface area (TPSA) is 54.0 Å². The first kappa shape index (κ1) is 16.7. The SMILES string of the molecule is Cc1cccc(NC(=O)c2ccc(Nc3ccc(C)c(C)c3)cn2)c1. The molecule has 0 saturated heterocycles. The van der Waals surface area contributed by atoms with Crippen molar-refractivity contribution in [3.8, 4) is 0 Å². The monoisotopic (exact) mass is 331 g/mol. The molecule has 2 N–H and O–H groups in total. The van der Waals surface area contributed by atoms with Crippen LogP contribution in [0.1, 0.15) is 27.2 Å². The summed E-state index contributed by atoms with van der Waals surface area (Å²) < 4.78 is 0. The van der Waals surface area contributed by atoms with Crippen LogP contribution in [0, 0.1) is 20.8 Å². The lowest BCUT2D eigenvalue weighted by molar-refractivity contribution is 0.102. The highest BCUT2D eigenvalue weighted by atomic mass is 16.1. The van der Waals surface area contributed by atoms with E-state index >= 15 is 0 Å². The van der Waals surface area contributed by atoms with E-state index in [1.807, 2.05) is 43.3 Å². The average molecular weight is 331 g/mol. The predicted octanol–water partition coefficient (Wildman–Crippen LogP) is 5.00. The standard InChI is InChI=1S/C21H21N3O/c1-14-5-4-6-17(11-14)24-21(25)20-10-9-19(13-22-20)23-18-8-7-15(2)16(3)12-18/h4-13,23H,1-3H3,(H,24,25). The van der Waals surface area contributed by atoms with Gasteiger partial charge in [-0.3, -0.25) is 4.79 Å². The third-order valence-corrected chi connectivity index (χ3v) is 4.07. The molecule has 25 heavy (non-hydrogen) atoms. The molecule has 0 spiro atoms. The molecule has 126 valence electrons. The van der Waals surface area contributed by atoms with Gasteiger partial charge in [-0.05, 0) is 73.9 Å². The molecule has 0 radical (unpaired) electrons. The Labute approximate surface area is 147 Å². The second-order valence-electron chi connectivity index (χ2n) is 6.18. The third-order valence-electron chi connectivity index (χ3n) is 4.07. The molecule has 0 aliphatic rings. The number of carbonyl (C=O) groups excluding carboxylic acids is 1. The minimum atomic E-state index is -0.219. The summed E-state index contributed by atoms with van der Waals surface area (Å²) in [5, 5.41) is 6.16. The van der Waals surface area contributed by atoms with Gasteiger partial charge in [0, 0.05) is 11.4 Å². The van der Waals surface area contributed by atoms with Crippen LogP contribution in [0.4, 0.5) is 17.1 Å². The van der Waals surface area contributed by atoms with E-state index in [2.05, 4.69) is 41.6 Å². The fourth-order valence-corrected chi connectivity index (χ4v) is 2.51. The lowest BCUT2D eigenvalue weighted by atomic mass is 10.1. The molecular formula is C21H21N3O. The number of anilines is 3. The largest absolute Gasteiger partial charge is 0.354 e. The van der Waals surface area contributed by atoms with Gasteiger partial charge >= 0.3 is 0 Å². The molecule has 0 bridgehead atoms. The number of carbonyl (C=O) groups is 1. The van der Waals surface area contributed by atoms with Gasteiger partial charge in [-0.15, -0.1) is 0 Å². The van der Waals surface area contributed by atoms with Crippen LogP contribution < -0.4 is 10.6 Å². The van der Waals surface area contributed by atoms with Gasteiger partial charge in [0.1, 0.15) is 5.69 Å². The van der Waals surface area contributed by atoms with E-state index < -0.39 is 0 Å². The van der Waals surface area contributed by atoms with Gasteiger partial charge in [0.2, 0.25) is 0 Å². The number of aromatic nitrogens is 1. The second kappa shape index (κ2) is 7.18. The highest BCUT2D eigenvalue weighted by Crippen LogP contribution is 2.19. The van der Waals surface area contributed by atoms with Crippen LogP contribution in [0.15, 0.2) is 60.8 Å². The minimum absolute atomic E-state index is 0.219. The molecule has 0 aliphatic heterocycles. The van der Waals surface area contributed by atoms with E-state index in [1.54, 1.807) is 12.3 Å². The number of nitrogens with one attached hydrogen (secondary N) is 2. The normalized spacial score (nSPS) is 10.4. The summed E-state index contributed by atoms with van der Waals surface area (Å²) in [6.45, 7) is 6.15. The lowest BCUT2D eigenvalue weighted by Gasteiger charge is -2.09. The Morgan fingerprint density at radius 1 is 0.840 bits per heavy atom. The summed E-state index contributed by atoms with van der Waals surface area (Å²) in [6, 6.07) is 17.5. The van der Waals surface area contributed by atoms with Crippen LogP contribution in [-0.2, 0) is 0 Å². The van der Waals surface area contributed by atoms with Crippen molar-refractivity contribution in [2.45, 2.75) is 20.8 Å². The highest BCUT2D eigenvalue weighted by Gasteiger charge is 2.08. The Hall–Kier alpha value is -3.14. The first-order valence-electron chi connectivity index (χ1n) is 8.19. The van der Waals surface area contributed by atoms with Gasteiger partial charge in [-0.2, -0.15) is 0 Å². The molecule has 3 aromatic rings. The molecule has 3 rings (SSSR count). The molecule has 1 amide bonds. The third kappa shape index (κ3) is 4.23. The van der Waals surface area contributed by atoms with E-state index in [4.69, 9.17) is 0 Å². The summed E-state index contributed by atoms with van der Waals surface area (Å²) in [6.07, 6.45) is 1.67. The van der Waals surface area contributed by atoms with Gasteiger partial charge < -0.3 is 10.6 Å². The zero-order chi connectivity index (χ0) is 17.8. The number of aryl methyl sites for hydroxylation is 3. The van der Waals surface area contributed by atoms with Crippen LogP contribution in [-0.4, -0.2) is 10.9 Å². The number of amides is 1. The molecule has 1 aromatic heterocycles. The van der Waals surface area contributed by atoms with Gasteiger partial charge in [-0.1, -0.05) is 18.2 Å². The maximum Gasteiger partial charge on any atom is 0.274 e.